The molecule has 0 amide bonds. The molecule has 1 aromatic rings. The van der Waals surface area contributed by atoms with Gasteiger partial charge in [-0.1, -0.05) is 19.9 Å². The fourth-order valence-electron chi connectivity index (χ4n) is 2.13. The molecule has 0 fully saturated rings. The number of carboxylic acids is 1. The van der Waals surface area contributed by atoms with E-state index < -0.39 is 15.8 Å². The van der Waals surface area contributed by atoms with Crippen LogP contribution in [0.2, 0.25) is 0 Å². The largest absolute Gasteiger partial charge is 0.478 e. The molecule has 0 aliphatic carbocycles. The summed E-state index contributed by atoms with van der Waals surface area (Å²) in [6, 6.07) is 5.84. The molecule has 0 radical (unpaired) electrons. The van der Waals surface area contributed by atoms with E-state index in [1.165, 1.54) is 24.3 Å². The van der Waals surface area contributed by atoms with E-state index in [1.807, 2.05) is 6.92 Å². The van der Waals surface area contributed by atoms with Crippen molar-refractivity contribution in [2.24, 2.45) is 0 Å². The van der Waals surface area contributed by atoms with Gasteiger partial charge in [0, 0.05) is 12.6 Å². The van der Waals surface area contributed by atoms with Crippen LogP contribution in [-0.4, -0.2) is 49.3 Å². The second kappa shape index (κ2) is 7.56. The van der Waals surface area contributed by atoms with E-state index in [0.717, 1.165) is 13.0 Å². The Hall–Kier alpha value is -1.40. The van der Waals surface area contributed by atoms with Gasteiger partial charge in [-0.25, -0.2) is 13.2 Å². The van der Waals surface area contributed by atoms with Crippen LogP contribution in [0, 0.1) is 0 Å². The smallest absolute Gasteiger partial charge is 0.335 e. The third kappa shape index (κ3) is 4.82. The summed E-state index contributed by atoms with van der Waals surface area (Å²) in [5, 5.41) is 8.93. The van der Waals surface area contributed by atoms with Gasteiger partial charge in [-0.15, -0.1) is 0 Å². The molecule has 1 aromatic carbocycles. The van der Waals surface area contributed by atoms with Crippen molar-refractivity contribution < 1.29 is 18.3 Å². The normalized spacial score (nSPS) is 13.3. The minimum atomic E-state index is -3.47. The fraction of sp³-hybridized carbons (Fsp3) is 0.533. The van der Waals surface area contributed by atoms with Gasteiger partial charge >= 0.3 is 5.97 Å². The van der Waals surface area contributed by atoms with Gasteiger partial charge in [0.2, 0.25) is 0 Å². The standard InChI is InChI=1S/C15H23NO4S/c1-4-12(3)16(5-2)9-10-21(19,20)14-8-6-7-13(11-14)15(17)18/h6-8,11-12H,4-5,9-10H2,1-3H3,(H,17,18). The Morgan fingerprint density at radius 3 is 2.52 bits per heavy atom. The Bertz CT molecular complexity index is 583. The molecular formula is C15H23NO4S. The van der Waals surface area contributed by atoms with Crippen LogP contribution >= 0.6 is 0 Å². The summed E-state index contributed by atoms with van der Waals surface area (Å²) in [5.74, 6) is -1.13. The number of benzene rings is 1. The molecule has 1 atom stereocenters. The van der Waals surface area contributed by atoms with E-state index in [1.54, 1.807) is 0 Å². The van der Waals surface area contributed by atoms with Crippen molar-refractivity contribution in [2.45, 2.75) is 38.1 Å². The highest BCUT2D eigenvalue weighted by molar-refractivity contribution is 7.91. The highest BCUT2D eigenvalue weighted by Crippen LogP contribution is 2.14. The van der Waals surface area contributed by atoms with Crippen LogP contribution in [0.5, 0.6) is 0 Å². The molecule has 5 nitrogen and oxygen atoms in total. The maximum atomic E-state index is 12.3. The minimum Gasteiger partial charge on any atom is -0.478 e. The van der Waals surface area contributed by atoms with Crippen LogP contribution in [0.1, 0.15) is 37.6 Å². The van der Waals surface area contributed by atoms with Gasteiger partial charge in [-0.05, 0) is 38.1 Å². The van der Waals surface area contributed by atoms with Crippen molar-refractivity contribution in [3.8, 4) is 0 Å². The average molecular weight is 313 g/mol. The second-order valence-corrected chi connectivity index (χ2v) is 7.15. The molecule has 1 rings (SSSR count). The predicted molar refractivity (Wildman–Crippen MR) is 82.5 cm³/mol. The van der Waals surface area contributed by atoms with Gasteiger partial charge in [0.15, 0.2) is 9.84 Å². The Labute approximate surface area is 126 Å². The molecule has 21 heavy (non-hydrogen) atoms. The van der Waals surface area contributed by atoms with Crippen molar-refractivity contribution in [3.63, 3.8) is 0 Å². The Morgan fingerprint density at radius 1 is 1.33 bits per heavy atom. The van der Waals surface area contributed by atoms with Crippen LogP contribution < -0.4 is 0 Å². The number of carboxylic acid groups (broad SMARTS) is 1. The first-order chi connectivity index (χ1) is 9.81. The first kappa shape index (κ1) is 17.7. The number of rotatable bonds is 8. The number of sulfone groups is 1. The molecule has 6 heteroatoms. The van der Waals surface area contributed by atoms with Crippen molar-refractivity contribution in [1.82, 2.24) is 4.90 Å². The van der Waals surface area contributed by atoms with E-state index in [4.69, 9.17) is 5.11 Å². The molecule has 0 aromatic heterocycles. The zero-order valence-corrected chi connectivity index (χ0v) is 13.6. The van der Waals surface area contributed by atoms with Gasteiger partial charge in [0.05, 0.1) is 16.2 Å². The molecule has 0 saturated carbocycles. The second-order valence-electron chi connectivity index (χ2n) is 5.04. The molecule has 1 N–H and O–H groups in total. The van der Waals surface area contributed by atoms with Crippen molar-refractivity contribution in [3.05, 3.63) is 29.8 Å². The van der Waals surface area contributed by atoms with Crippen molar-refractivity contribution in [2.75, 3.05) is 18.8 Å². The predicted octanol–water partition coefficient (Wildman–Crippen LogP) is 2.28. The van der Waals surface area contributed by atoms with E-state index >= 15 is 0 Å². The topological polar surface area (TPSA) is 74.7 Å². The lowest BCUT2D eigenvalue weighted by molar-refractivity contribution is 0.0696. The number of nitrogens with zero attached hydrogens (tertiary/aromatic N) is 1. The molecule has 0 aliphatic rings. The summed E-state index contributed by atoms with van der Waals surface area (Å²) in [4.78, 5) is 13.1. The van der Waals surface area contributed by atoms with Crippen molar-refractivity contribution in [1.29, 1.82) is 0 Å². The van der Waals surface area contributed by atoms with E-state index in [-0.39, 0.29) is 16.2 Å². The SMILES string of the molecule is CCC(C)N(CC)CCS(=O)(=O)c1cccc(C(=O)O)c1. The third-order valence-electron chi connectivity index (χ3n) is 3.71. The summed E-state index contributed by atoms with van der Waals surface area (Å²) in [6.45, 7) is 7.38. The zero-order chi connectivity index (χ0) is 16.0. The number of aromatic carboxylic acids is 1. The molecule has 0 heterocycles. The average Bonchev–Trinajstić information content (AvgIpc) is 2.47. The molecule has 0 bridgehead atoms. The maximum absolute atomic E-state index is 12.3. The Kier molecular flexibility index (Phi) is 6.36. The summed E-state index contributed by atoms with van der Waals surface area (Å²) in [7, 11) is -3.47. The zero-order valence-electron chi connectivity index (χ0n) is 12.7. The monoisotopic (exact) mass is 313 g/mol. The Morgan fingerprint density at radius 2 is 2.00 bits per heavy atom. The fourth-order valence-corrected chi connectivity index (χ4v) is 3.43. The van der Waals surface area contributed by atoms with E-state index in [0.29, 0.717) is 12.6 Å². The van der Waals surface area contributed by atoms with Crippen LogP contribution in [-0.2, 0) is 9.84 Å². The van der Waals surface area contributed by atoms with Crippen LogP contribution in [0.15, 0.2) is 29.2 Å². The first-order valence-electron chi connectivity index (χ1n) is 7.12. The highest BCUT2D eigenvalue weighted by Gasteiger charge is 2.19. The van der Waals surface area contributed by atoms with Gasteiger partial charge < -0.3 is 5.11 Å². The van der Waals surface area contributed by atoms with Crippen LogP contribution in [0.4, 0.5) is 0 Å². The highest BCUT2D eigenvalue weighted by atomic mass is 32.2. The molecule has 118 valence electrons. The number of hydrogen-bond donors (Lipinski definition) is 1. The summed E-state index contributed by atoms with van der Waals surface area (Å²) < 4.78 is 24.6. The van der Waals surface area contributed by atoms with E-state index in [2.05, 4.69) is 18.7 Å². The number of carbonyl (C=O) groups is 1. The summed E-state index contributed by atoms with van der Waals surface area (Å²) in [6.07, 6.45) is 0.961. The van der Waals surface area contributed by atoms with Gasteiger partial charge in [0.25, 0.3) is 0 Å². The molecule has 0 spiro atoms. The summed E-state index contributed by atoms with van der Waals surface area (Å²) >= 11 is 0. The van der Waals surface area contributed by atoms with Crippen LogP contribution in [0.3, 0.4) is 0 Å². The minimum absolute atomic E-state index is 0.00570. The van der Waals surface area contributed by atoms with Gasteiger partial charge in [-0.2, -0.15) is 0 Å². The molecular weight excluding hydrogens is 290 g/mol. The molecule has 1 unspecified atom stereocenters. The first-order valence-corrected chi connectivity index (χ1v) is 8.77. The third-order valence-corrected chi connectivity index (χ3v) is 5.40. The van der Waals surface area contributed by atoms with E-state index in [9.17, 15) is 13.2 Å². The maximum Gasteiger partial charge on any atom is 0.335 e. The van der Waals surface area contributed by atoms with Gasteiger partial charge in [-0.3, -0.25) is 4.90 Å². The lowest BCUT2D eigenvalue weighted by Gasteiger charge is -2.26. The van der Waals surface area contributed by atoms with Gasteiger partial charge in [0.1, 0.15) is 0 Å². The summed E-state index contributed by atoms with van der Waals surface area (Å²) in [5.41, 5.74) is -0.00894. The lowest BCUT2D eigenvalue weighted by atomic mass is 10.2. The molecule has 0 aliphatic heterocycles. The lowest BCUT2D eigenvalue weighted by Crippen LogP contribution is -2.36. The molecule has 0 saturated heterocycles. The Balaban J connectivity index is 2.87. The number of hydrogen-bond acceptors (Lipinski definition) is 4. The quantitative estimate of drug-likeness (QED) is 0.797. The van der Waals surface area contributed by atoms with Crippen molar-refractivity contribution >= 4 is 15.8 Å². The van der Waals surface area contributed by atoms with Crippen LogP contribution in [0.25, 0.3) is 0 Å².